The van der Waals surface area contributed by atoms with Crippen LogP contribution in [0.3, 0.4) is 0 Å². The first kappa shape index (κ1) is 13.7. The van der Waals surface area contributed by atoms with Crippen LogP contribution in [0.15, 0.2) is 18.2 Å². The first-order valence-corrected chi connectivity index (χ1v) is 7.90. The van der Waals surface area contributed by atoms with E-state index in [0.29, 0.717) is 13.2 Å². The second-order valence-electron chi connectivity index (χ2n) is 6.23. The largest absolute Gasteiger partial charge is 0.486 e. The van der Waals surface area contributed by atoms with Crippen LogP contribution in [0.5, 0.6) is 11.5 Å². The van der Waals surface area contributed by atoms with Crippen molar-refractivity contribution in [2.45, 2.75) is 39.2 Å². The summed E-state index contributed by atoms with van der Waals surface area (Å²) in [6, 6.07) is 6.25. The number of hydrogen-bond donors (Lipinski definition) is 1. The quantitative estimate of drug-likeness (QED) is 0.914. The topological polar surface area (TPSA) is 30.5 Å². The third-order valence-electron chi connectivity index (χ3n) is 4.50. The zero-order valence-corrected chi connectivity index (χ0v) is 12.4. The molecule has 1 saturated carbocycles. The molecule has 0 bridgehead atoms. The van der Waals surface area contributed by atoms with E-state index in [2.05, 4.69) is 24.4 Å². The van der Waals surface area contributed by atoms with Crippen LogP contribution in [0, 0.1) is 11.8 Å². The van der Waals surface area contributed by atoms with Gasteiger partial charge in [0, 0.05) is 6.54 Å². The standard InChI is InChI=1S/C17H25NO2/c1-13-2-4-14(5-3-13)11-18-12-15-6-7-16-17(10-15)20-9-8-19-16/h6-7,10,13-14,18H,2-5,8-9,11-12H2,1H3. The summed E-state index contributed by atoms with van der Waals surface area (Å²) in [6.45, 7) is 5.75. The van der Waals surface area contributed by atoms with Crippen molar-refractivity contribution in [2.24, 2.45) is 11.8 Å². The van der Waals surface area contributed by atoms with Gasteiger partial charge < -0.3 is 14.8 Å². The van der Waals surface area contributed by atoms with Crippen molar-refractivity contribution in [3.05, 3.63) is 23.8 Å². The highest BCUT2D eigenvalue weighted by Crippen LogP contribution is 2.31. The number of benzene rings is 1. The van der Waals surface area contributed by atoms with Gasteiger partial charge in [-0.05, 0) is 48.9 Å². The van der Waals surface area contributed by atoms with Gasteiger partial charge in [0.05, 0.1) is 0 Å². The summed E-state index contributed by atoms with van der Waals surface area (Å²) in [5.74, 6) is 3.57. The molecule has 0 aromatic heterocycles. The highest BCUT2D eigenvalue weighted by Gasteiger charge is 2.17. The van der Waals surface area contributed by atoms with Gasteiger partial charge in [-0.2, -0.15) is 0 Å². The Kier molecular flexibility index (Phi) is 4.46. The molecule has 3 rings (SSSR count). The minimum absolute atomic E-state index is 0.657. The van der Waals surface area contributed by atoms with Crippen molar-refractivity contribution in [3.8, 4) is 11.5 Å². The van der Waals surface area contributed by atoms with Gasteiger partial charge in [0.25, 0.3) is 0 Å². The molecule has 1 N–H and O–H groups in total. The summed E-state index contributed by atoms with van der Waals surface area (Å²) in [4.78, 5) is 0. The summed E-state index contributed by atoms with van der Waals surface area (Å²) in [5.41, 5.74) is 1.28. The Bertz CT molecular complexity index is 439. The molecule has 1 aliphatic heterocycles. The van der Waals surface area contributed by atoms with Crippen molar-refractivity contribution in [1.29, 1.82) is 0 Å². The normalized spacial score (nSPS) is 25.4. The van der Waals surface area contributed by atoms with Gasteiger partial charge >= 0.3 is 0 Å². The number of ether oxygens (including phenoxy) is 2. The average molecular weight is 275 g/mol. The minimum Gasteiger partial charge on any atom is -0.486 e. The molecule has 0 amide bonds. The molecule has 1 aliphatic carbocycles. The Morgan fingerprint density at radius 1 is 1.05 bits per heavy atom. The molecule has 1 fully saturated rings. The van der Waals surface area contributed by atoms with E-state index in [0.717, 1.165) is 36.4 Å². The highest BCUT2D eigenvalue weighted by molar-refractivity contribution is 5.43. The molecular formula is C17H25NO2. The summed E-state index contributed by atoms with van der Waals surface area (Å²) >= 11 is 0. The molecule has 0 spiro atoms. The summed E-state index contributed by atoms with van der Waals surface area (Å²) in [7, 11) is 0. The van der Waals surface area contributed by atoms with Gasteiger partial charge in [-0.25, -0.2) is 0 Å². The molecule has 0 radical (unpaired) electrons. The van der Waals surface area contributed by atoms with E-state index in [1.165, 1.54) is 31.2 Å². The SMILES string of the molecule is CC1CCC(CNCc2ccc3c(c2)OCCO3)CC1. The fraction of sp³-hybridized carbons (Fsp3) is 0.647. The van der Waals surface area contributed by atoms with Crippen molar-refractivity contribution in [3.63, 3.8) is 0 Å². The third-order valence-corrected chi connectivity index (χ3v) is 4.50. The van der Waals surface area contributed by atoms with Gasteiger partial charge in [0.1, 0.15) is 13.2 Å². The van der Waals surface area contributed by atoms with Gasteiger partial charge in [-0.15, -0.1) is 0 Å². The van der Waals surface area contributed by atoms with Crippen molar-refractivity contribution in [2.75, 3.05) is 19.8 Å². The minimum atomic E-state index is 0.657. The first-order chi connectivity index (χ1) is 9.81. The molecule has 3 heteroatoms. The van der Waals surface area contributed by atoms with Crippen molar-refractivity contribution in [1.82, 2.24) is 5.32 Å². The monoisotopic (exact) mass is 275 g/mol. The molecule has 1 aromatic rings. The fourth-order valence-electron chi connectivity index (χ4n) is 3.15. The van der Waals surface area contributed by atoms with Gasteiger partial charge in [-0.3, -0.25) is 0 Å². The van der Waals surface area contributed by atoms with E-state index in [-0.39, 0.29) is 0 Å². The highest BCUT2D eigenvalue weighted by atomic mass is 16.6. The molecule has 1 heterocycles. The lowest BCUT2D eigenvalue weighted by Crippen LogP contribution is -2.25. The van der Waals surface area contributed by atoms with Crippen LogP contribution < -0.4 is 14.8 Å². The predicted molar refractivity (Wildman–Crippen MR) is 80.3 cm³/mol. The summed E-state index contributed by atoms with van der Waals surface area (Å²) in [6.07, 6.45) is 5.57. The average Bonchev–Trinajstić information content (AvgIpc) is 2.49. The Hall–Kier alpha value is -1.22. The Morgan fingerprint density at radius 2 is 1.80 bits per heavy atom. The maximum atomic E-state index is 5.62. The Balaban J connectivity index is 1.46. The molecule has 0 atom stereocenters. The second kappa shape index (κ2) is 6.49. The number of fused-ring (bicyclic) bond motifs is 1. The van der Waals surface area contributed by atoms with E-state index < -0.39 is 0 Å². The van der Waals surface area contributed by atoms with Crippen LogP contribution >= 0.6 is 0 Å². The maximum absolute atomic E-state index is 5.62. The molecular weight excluding hydrogens is 250 g/mol. The summed E-state index contributed by atoms with van der Waals surface area (Å²) in [5, 5.41) is 3.60. The van der Waals surface area contributed by atoms with Crippen molar-refractivity contribution >= 4 is 0 Å². The van der Waals surface area contributed by atoms with E-state index in [1.54, 1.807) is 0 Å². The van der Waals surface area contributed by atoms with E-state index in [4.69, 9.17) is 9.47 Å². The number of nitrogens with one attached hydrogen (secondary N) is 1. The van der Waals surface area contributed by atoms with Gasteiger partial charge in [0.15, 0.2) is 11.5 Å². The lowest BCUT2D eigenvalue weighted by atomic mass is 9.83. The van der Waals surface area contributed by atoms with E-state index in [1.807, 2.05) is 6.07 Å². The second-order valence-corrected chi connectivity index (χ2v) is 6.23. The van der Waals surface area contributed by atoms with Crippen LogP contribution in [0.2, 0.25) is 0 Å². The molecule has 110 valence electrons. The zero-order valence-electron chi connectivity index (χ0n) is 12.4. The van der Waals surface area contributed by atoms with Gasteiger partial charge in [-0.1, -0.05) is 25.8 Å². The van der Waals surface area contributed by atoms with Crippen LogP contribution in [0.4, 0.5) is 0 Å². The zero-order chi connectivity index (χ0) is 13.8. The lowest BCUT2D eigenvalue weighted by molar-refractivity contribution is 0.171. The Morgan fingerprint density at radius 3 is 2.60 bits per heavy atom. The van der Waals surface area contributed by atoms with Gasteiger partial charge in [0.2, 0.25) is 0 Å². The third kappa shape index (κ3) is 3.45. The smallest absolute Gasteiger partial charge is 0.161 e. The van der Waals surface area contributed by atoms with Crippen LogP contribution in [-0.2, 0) is 6.54 Å². The maximum Gasteiger partial charge on any atom is 0.161 e. The molecule has 20 heavy (non-hydrogen) atoms. The number of rotatable bonds is 4. The van der Waals surface area contributed by atoms with Crippen molar-refractivity contribution < 1.29 is 9.47 Å². The lowest BCUT2D eigenvalue weighted by Gasteiger charge is -2.26. The van der Waals surface area contributed by atoms with E-state index in [9.17, 15) is 0 Å². The van der Waals surface area contributed by atoms with Crippen LogP contribution in [0.1, 0.15) is 38.2 Å². The molecule has 0 saturated heterocycles. The molecule has 0 unspecified atom stereocenters. The molecule has 2 aliphatic rings. The molecule has 3 nitrogen and oxygen atoms in total. The predicted octanol–water partition coefficient (Wildman–Crippen LogP) is 3.37. The molecule has 1 aromatic carbocycles. The Labute approximate surface area is 121 Å². The van der Waals surface area contributed by atoms with Crippen LogP contribution in [-0.4, -0.2) is 19.8 Å². The number of hydrogen-bond acceptors (Lipinski definition) is 3. The fourth-order valence-corrected chi connectivity index (χ4v) is 3.15. The summed E-state index contributed by atoms with van der Waals surface area (Å²) < 4.78 is 11.2. The van der Waals surface area contributed by atoms with E-state index >= 15 is 0 Å². The first-order valence-electron chi connectivity index (χ1n) is 7.90. The van der Waals surface area contributed by atoms with Crippen LogP contribution in [0.25, 0.3) is 0 Å².